The average Bonchev–Trinajstić information content (AvgIpc) is 3.24. The summed E-state index contributed by atoms with van der Waals surface area (Å²) in [6.45, 7) is 2.69. The van der Waals surface area contributed by atoms with E-state index in [0.29, 0.717) is 12.2 Å². The fourth-order valence-electron chi connectivity index (χ4n) is 3.74. The van der Waals surface area contributed by atoms with E-state index in [9.17, 15) is 9.59 Å². The van der Waals surface area contributed by atoms with Gasteiger partial charge in [0.15, 0.2) is 11.8 Å². The number of aromatic nitrogens is 2. The molecule has 0 spiro atoms. The minimum Gasteiger partial charge on any atom is -0.479 e. The second kappa shape index (κ2) is 6.57. The lowest BCUT2D eigenvalue weighted by molar-refractivity contribution is -0.154. The third-order valence-electron chi connectivity index (χ3n) is 5.11. The fourth-order valence-corrected chi connectivity index (χ4v) is 3.74. The summed E-state index contributed by atoms with van der Waals surface area (Å²) < 4.78 is 7.11. The van der Waals surface area contributed by atoms with Crippen molar-refractivity contribution in [1.29, 1.82) is 0 Å². The SMILES string of the molecule is Cc1ccccc1-n1nc(C(=O)N2CCOC(C(=O)O)C2)c2c1CCC2. The van der Waals surface area contributed by atoms with Gasteiger partial charge in [0.2, 0.25) is 0 Å². The zero-order chi connectivity index (χ0) is 18.3. The van der Waals surface area contributed by atoms with Gasteiger partial charge in [-0.3, -0.25) is 4.79 Å². The van der Waals surface area contributed by atoms with E-state index in [1.165, 1.54) is 0 Å². The molecule has 4 rings (SSSR count). The number of carbonyl (C=O) groups excluding carboxylic acids is 1. The predicted molar refractivity (Wildman–Crippen MR) is 93.6 cm³/mol. The van der Waals surface area contributed by atoms with Gasteiger partial charge in [0.25, 0.3) is 5.91 Å². The van der Waals surface area contributed by atoms with E-state index in [0.717, 1.165) is 41.8 Å². The Hall–Kier alpha value is -2.67. The molecule has 7 heteroatoms. The van der Waals surface area contributed by atoms with Crippen molar-refractivity contribution in [2.24, 2.45) is 0 Å². The van der Waals surface area contributed by atoms with Crippen LogP contribution in [0.4, 0.5) is 0 Å². The van der Waals surface area contributed by atoms with Crippen LogP contribution < -0.4 is 0 Å². The van der Waals surface area contributed by atoms with Crippen molar-refractivity contribution in [2.45, 2.75) is 32.3 Å². The standard InChI is InChI=1S/C19H21N3O4/c1-12-5-2-3-7-14(12)22-15-8-4-6-13(15)17(20-22)18(23)21-9-10-26-16(11-21)19(24)25/h2-3,5,7,16H,4,6,8-11H2,1H3,(H,24,25). The van der Waals surface area contributed by atoms with Crippen LogP contribution in [0.3, 0.4) is 0 Å². The maximum Gasteiger partial charge on any atom is 0.334 e. The van der Waals surface area contributed by atoms with Gasteiger partial charge >= 0.3 is 5.97 Å². The highest BCUT2D eigenvalue weighted by molar-refractivity contribution is 5.94. The zero-order valence-corrected chi connectivity index (χ0v) is 14.6. The van der Waals surface area contributed by atoms with Gasteiger partial charge in [0.1, 0.15) is 0 Å². The molecule has 136 valence electrons. The van der Waals surface area contributed by atoms with Crippen LogP contribution in [0.15, 0.2) is 24.3 Å². The number of fused-ring (bicyclic) bond motifs is 1. The number of para-hydroxylation sites is 1. The number of hydrogen-bond acceptors (Lipinski definition) is 4. The molecule has 1 N–H and O–H groups in total. The molecular formula is C19H21N3O4. The Balaban J connectivity index is 1.69. The summed E-state index contributed by atoms with van der Waals surface area (Å²) in [6.07, 6.45) is 1.75. The Morgan fingerprint density at radius 3 is 2.85 bits per heavy atom. The minimum atomic E-state index is -1.04. The molecule has 0 bridgehead atoms. The molecule has 1 aromatic heterocycles. The molecular weight excluding hydrogens is 334 g/mol. The number of ether oxygens (including phenoxy) is 1. The van der Waals surface area contributed by atoms with Crippen molar-refractivity contribution in [3.8, 4) is 5.69 Å². The van der Waals surface area contributed by atoms with E-state index >= 15 is 0 Å². The second-order valence-corrected chi connectivity index (χ2v) is 6.77. The predicted octanol–water partition coefficient (Wildman–Crippen LogP) is 1.60. The molecule has 0 radical (unpaired) electrons. The fraction of sp³-hybridized carbons (Fsp3) is 0.421. The summed E-state index contributed by atoms with van der Waals surface area (Å²) in [5.41, 5.74) is 4.62. The number of morpholine rings is 1. The number of amides is 1. The third-order valence-corrected chi connectivity index (χ3v) is 5.11. The molecule has 1 aliphatic carbocycles. The first-order chi connectivity index (χ1) is 12.6. The largest absolute Gasteiger partial charge is 0.479 e. The molecule has 1 saturated heterocycles. The van der Waals surface area contributed by atoms with E-state index < -0.39 is 12.1 Å². The molecule has 1 aromatic carbocycles. The Kier molecular flexibility index (Phi) is 4.24. The van der Waals surface area contributed by atoms with E-state index in [1.54, 1.807) is 4.90 Å². The maximum absolute atomic E-state index is 13.1. The summed E-state index contributed by atoms with van der Waals surface area (Å²) in [6, 6.07) is 7.98. The van der Waals surface area contributed by atoms with Gasteiger partial charge in [-0.25, -0.2) is 9.48 Å². The van der Waals surface area contributed by atoms with E-state index in [4.69, 9.17) is 9.84 Å². The third kappa shape index (κ3) is 2.78. The molecule has 2 heterocycles. The summed E-state index contributed by atoms with van der Waals surface area (Å²) in [4.78, 5) is 25.8. The summed E-state index contributed by atoms with van der Waals surface area (Å²) in [5.74, 6) is -1.25. The maximum atomic E-state index is 13.1. The van der Waals surface area contributed by atoms with Gasteiger partial charge in [-0.15, -0.1) is 0 Å². The molecule has 1 amide bonds. The number of hydrogen-bond donors (Lipinski definition) is 1. The Labute approximate surface area is 151 Å². The topological polar surface area (TPSA) is 84.7 Å². The minimum absolute atomic E-state index is 0.0557. The van der Waals surface area contributed by atoms with Gasteiger partial charge in [-0.05, 0) is 37.8 Å². The molecule has 0 saturated carbocycles. The molecule has 2 aromatic rings. The van der Waals surface area contributed by atoms with Gasteiger partial charge in [0, 0.05) is 17.8 Å². The number of aliphatic carboxylic acids is 1. The number of nitrogens with zero attached hydrogens (tertiary/aromatic N) is 3. The van der Waals surface area contributed by atoms with Crippen molar-refractivity contribution >= 4 is 11.9 Å². The van der Waals surface area contributed by atoms with Crippen LogP contribution in [0.1, 0.15) is 33.7 Å². The van der Waals surface area contributed by atoms with Crippen LogP contribution in [-0.4, -0.2) is 57.5 Å². The first-order valence-corrected chi connectivity index (χ1v) is 8.86. The highest BCUT2D eigenvalue weighted by Gasteiger charge is 2.34. The van der Waals surface area contributed by atoms with Crippen molar-refractivity contribution in [3.63, 3.8) is 0 Å². The zero-order valence-electron chi connectivity index (χ0n) is 14.6. The Bertz CT molecular complexity index is 874. The first-order valence-electron chi connectivity index (χ1n) is 8.86. The summed E-state index contributed by atoms with van der Waals surface area (Å²) in [7, 11) is 0. The molecule has 7 nitrogen and oxygen atoms in total. The average molecular weight is 355 g/mol. The summed E-state index contributed by atoms with van der Waals surface area (Å²) in [5, 5.41) is 13.8. The highest BCUT2D eigenvalue weighted by atomic mass is 16.5. The first kappa shape index (κ1) is 16.8. The van der Waals surface area contributed by atoms with E-state index in [-0.39, 0.29) is 19.1 Å². The number of carbonyl (C=O) groups is 2. The van der Waals surface area contributed by atoms with E-state index in [1.807, 2.05) is 35.9 Å². The number of benzene rings is 1. The van der Waals surface area contributed by atoms with Crippen molar-refractivity contribution in [2.75, 3.05) is 19.7 Å². The Morgan fingerprint density at radius 1 is 1.27 bits per heavy atom. The Morgan fingerprint density at radius 2 is 2.08 bits per heavy atom. The number of aryl methyl sites for hydroxylation is 1. The quantitative estimate of drug-likeness (QED) is 0.904. The molecule has 1 unspecified atom stereocenters. The van der Waals surface area contributed by atoms with Gasteiger partial charge in [0.05, 0.1) is 18.8 Å². The number of rotatable bonds is 3. The normalized spacial score (nSPS) is 19.4. The van der Waals surface area contributed by atoms with Gasteiger partial charge in [-0.2, -0.15) is 5.10 Å². The van der Waals surface area contributed by atoms with Crippen molar-refractivity contribution in [1.82, 2.24) is 14.7 Å². The molecule has 1 aliphatic heterocycles. The van der Waals surface area contributed by atoms with Crippen molar-refractivity contribution in [3.05, 3.63) is 46.8 Å². The number of carboxylic acids is 1. The smallest absolute Gasteiger partial charge is 0.334 e. The number of carboxylic acid groups (broad SMARTS) is 1. The van der Waals surface area contributed by atoms with Crippen LogP contribution in [0.5, 0.6) is 0 Å². The van der Waals surface area contributed by atoms with Crippen LogP contribution in [0, 0.1) is 6.92 Å². The van der Waals surface area contributed by atoms with Crippen LogP contribution in [0.2, 0.25) is 0 Å². The monoisotopic (exact) mass is 355 g/mol. The lowest BCUT2D eigenvalue weighted by Crippen LogP contribution is -2.48. The molecule has 2 aliphatic rings. The van der Waals surface area contributed by atoms with Crippen LogP contribution in [-0.2, 0) is 22.4 Å². The summed E-state index contributed by atoms with van der Waals surface area (Å²) >= 11 is 0. The van der Waals surface area contributed by atoms with Crippen molar-refractivity contribution < 1.29 is 19.4 Å². The van der Waals surface area contributed by atoms with E-state index in [2.05, 4.69) is 5.10 Å². The lowest BCUT2D eigenvalue weighted by atomic mass is 10.1. The lowest BCUT2D eigenvalue weighted by Gasteiger charge is -2.30. The highest BCUT2D eigenvalue weighted by Crippen LogP contribution is 2.29. The molecule has 1 fully saturated rings. The molecule has 26 heavy (non-hydrogen) atoms. The van der Waals surface area contributed by atoms with Crippen LogP contribution >= 0.6 is 0 Å². The van der Waals surface area contributed by atoms with Gasteiger partial charge < -0.3 is 14.7 Å². The van der Waals surface area contributed by atoms with Crippen LogP contribution in [0.25, 0.3) is 5.69 Å². The van der Waals surface area contributed by atoms with Gasteiger partial charge in [-0.1, -0.05) is 18.2 Å². The molecule has 1 atom stereocenters. The second-order valence-electron chi connectivity index (χ2n) is 6.77.